The summed E-state index contributed by atoms with van der Waals surface area (Å²) in [5, 5.41) is 0. The van der Waals surface area contributed by atoms with Crippen molar-refractivity contribution in [3.8, 4) is 0 Å². The van der Waals surface area contributed by atoms with Crippen LogP contribution in [0.5, 0.6) is 0 Å². The quantitative estimate of drug-likeness (QED) is 0.264. The largest absolute Gasteiger partial charge is 1.00 e. The van der Waals surface area contributed by atoms with Gasteiger partial charge in [0.25, 0.3) is 5.91 Å². The number of hydrogen-bond donors (Lipinski definition) is 0. The van der Waals surface area contributed by atoms with Crippen LogP contribution in [0.2, 0.25) is 0 Å². The van der Waals surface area contributed by atoms with E-state index in [1.807, 2.05) is 0 Å². The third kappa shape index (κ3) is 5.39. The van der Waals surface area contributed by atoms with Crippen LogP contribution >= 0.6 is 0 Å². The molecule has 1 amide bonds. The van der Waals surface area contributed by atoms with Gasteiger partial charge >= 0.3 is 51.4 Å². The Morgan fingerprint density at radius 1 is 1.33 bits per heavy atom. The summed E-state index contributed by atoms with van der Waals surface area (Å²) in [6, 6.07) is 0. The van der Waals surface area contributed by atoms with E-state index in [1.165, 1.54) is 7.05 Å². The fraction of sp³-hybridized carbons (Fsp3) is 0.714. The first kappa shape index (κ1) is 15.2. The van der Waals surface area contributed by atoms with Gasteiger partial charge in [-0.3, -0.25) is 9.59 Å². The van der Waals surface area contributed by atoms with Crippen LogP contribution in [-0.4, -0.2) is 37.2 Å². The molecule has 0 spiro atoms. The van der Waals surface area contributed by atoms with E-state index in [1.54, 1.807) is 4.90 Å². The van der Waals surface area contributed by atoms with Crippen LogP contribution in [0, 0.1) is 0 Å². The standard InChI is InChI=1S/C6H9NO2.CH4N.K/c8-5-6(9)7-3-1-2-4-7;1-2;/h5H,1-4H2;2H,1H3;/q;-1;+1. The normalized spacial score (nSPS) is 14.0. The Labute approximate surface area is 115 Å². The third-order valence-corrected chi connectivity index (χ3v) is 1.52. The number of amides is 1. The van der Waals surface area contributed by atoms with Gasteiger partial charge in [0.05, 0.1) is 0 Å². The molecule has 5 heteroatoms. The molecule has 4 nitrogen and oxygen atoms in total. The molecule has 0 aliphatic carbocycles. The maximum atomic E-state index is 10.6. The van der Waals surface area contributed by atoms with Crippen molar-refractivity contribution in [3.63, 3.8) is 0 Å². The van der Waals surface area contributed by atoms with Crippen molar-refractivity contribution in [2.45, 2.75) is 12.8 Å². The smallest absolute Gasteiger partial charge is 0.680 e. The van der Waals surface area contributed by atoms with Crippen molar-refractivity contribution in [1.82, 2.24) is 4.90 Å². The summed E-state index contributed by atoms with van der Waals surface area (Å²) in [7, 11) is 1.25. The van der Waals surface area contributed by atoms with Gasteiger partial charge in [-0.1, -0.05) is 0 Å². The minimum atomic E-state index is -0.368. The average molecular weight is 196 g/mol. The second-order valence-electron chi connectivity index (χ2n) is 2.15. The van der Waals surface area contributed by atoms with E-state index in [4.69, 9.17) is 5.73 Å². The molecule has 1 saturated heterocycles. The Kier molecular flexibility index (Phi) is 12.5. The first-order valence-electron chi connectivity index (χ1n) is 3.58. The first-order chi connectivity index (χ1) is 5.34. The Balaban J connectivity index is 0. The van der Waals surface area contributed by atoms with Crippen molar-refractivity contribution < 1.29 is 61.0 Å². The molecule has 1 rings (SSSR count). The number of nitrogens with one attached hydrogen (secondary N) is 1. The zero-order chi connectivity index (χ0) is 8.69. The summed E-state index contributed by atoms with van der Waals surface area (Å²) in [5.74, 6) is -0.368. The van der Waals surface area contributed by atoms with Gasteiger partial charge in [0.15, 0.2) is 0 Å². The SMILES string of the molecule is C[NH-].O=CC(=O)N1CCCC1.[K+]. The molecular weight excluding hydrogens is 183 g/mol. The van der Waals surface area contributed by atoms with Gasteiger partial charge in [0, 0.05) is 13.1 Å². The molecule has 0 saturated carbocycles. The van der Waals surface area contributed by atoms with Crippen molar-refractivity contribution in [2.75, 3.05) is 20.1 Å². The van der Waals surface area contributed by atoms with Crippen LogP contribution in [0.4, 0.5) is 0 Å². The van der Waals surface area contributed by atoms with Gasteiger partial charge in [-0.15, -0.1) is 0 Å². The molecule has 0 unspecified atom stereocenters. The summed E-state index contributed by atoms with van der Waals surface area (Å²) in [4.78, 5) is 22.0. The maximum absolute atomic E-state index is 10.6. The molecule has 1 heterocycles. The summed E-state index contributed by atoms with van der Waals surface area (Å²) in [5.41, 5.74) is 5.75. The molecule has 0 atom stereocenters. The third-order valence-electron chi connectivity index (χ3n) is 1.52. The molecule has 0 radical (unpaired) electrons. The predicted molar refractivity (Wildman–Crippen MR) is 42.1 cm³/mol. The topological polar surface area (TPSA) is 61.2 Å². The van der Waals surface area contributed by atoms with Gasteiger partial charge in [-0.2, -0.15) is 7.05 Å². The number of aldehydes is 1. The maximum Gasteiger partial charge on any atom is 1.00 e. The van der Waals surface area contributed by atoms with E-state index in [0.717, 1.165) is 25.9 Å². The number of carbonyl (C=O) groups excluding carboxylic acids is 2. The van der Waals surface area contributed by atoms with Crippen LogP contribution in [0.15, 0.2) is 0 Å². The second kappa shape index (κ2) is 9.82. The first-order valence-corrected chi connectivity index (χ1v) is 3.58. The van der Waals surface area contributed by atoms with E-state index in [0.29, 0.717) is 6.29 Å². The second-order valence-corrected chi connectivity index (χ2v) is 2.15. The summed E-state index contributed by atoms with van der Waals surface area (Å²) in [6.07, 6.45) is 2.46. The molecular formula is C7H13KN2O2. The number of likely N-dealkylation sites (tertiary alicyclic amines) is 1. The fourth-order valence-electron chi connectivity index (χ4n) is 1.01. The molecule has 0 aromatic rings. The van der Waals surface area contributed by atoms with E-state index in [2.05, 4.69) is 0 Å². The van der Waals surface area contributed by atoms with Gasteiger partial charge < -0.3 is 10.6 Å². The Morgan fingerprint density at radius 3 is 2.08 bits per heavy atom. The van der Waals surface area contributed by atoms with Gasteiger partial charge in [-0.25, -0.2) is 0 Å². The van der Waals surface area contributed by atoms with Crippen molar-refractivity contribution >= 4 is 12.2 Å². The monoisotopic (exact) mass is 196 g/mol. The van der Waals surface area contributed by atoms with E-state index in [-0.39, 0.29) is 57.3 Å². The average Bonchev–Trinajstić information content (AvgIpc) is 2.59. The number of nitrogens with zero attached hydrogens (tertiary/aromatic N) is 1. The van der Waals surface area contributed by atoms with Crippen LogP contribution in [-0.2, 0) is 9.59 Å². The van der Waals surface area contributed by atoms with Crippen molar-refractivity contribution in [1.29, 1.82) is 0 Å². The number of hydrogen-bond acceptors (Lipinski definition) is 2. The minimum Gasteiger partial charge on any atom is -0.680 e. The molecule has 1 aliphatic heterocycles. The molecule has 0 aromatic carbocycles. The minimum absolute atomic E-state index is 0. The van der Waals surface area contributed by atoms with Gasteiger partial charge in [-0.05, 0) is 12.8 Å². The molecule has 64 valence electrons. The Hall–Kier alpha value is 0.736. The van der Waals surface area contributed by atoms with Gasteiger partial charge in [0.1, 0.15) is 0 Å². The zero-order valence-electron chi connectivity index (χ0n) is 7.67. The number of carbonyl (C=O) groups is 2. The van der Waals surface area contributed by atoms with Crippen LogP contribution in [0.3, 0.4) is 0 Å². The molecule has 0 aromatic heterocycles. The van der Waals surface area contributed by atoms with Crippen molar-refractivity contribution in [2.24, 2.45) is 0 Å². The van der Waals surface area contributed by atoms with Crippen molar-refractivity contribution in [3.05, 3.63) is 5.73 Å². The zero-order valence-corrected chi connectivity index (χ0v) is 10.8. The molecule has 1 aliphatic rings. The predicted octanol–water partition coefficient (Wildman–Crippen LogP) is -2.52. The van der Waals surface area contributed by atoms with Crippen LogP contribution in [0.25, 0.3) is 5.73 Å². The molecule has 12 heavy (non-hydrogen) atoms. The summed E-state index contributed by atoms with van der Waals surface area (Å²) < 4.78 is 0. The Morgan fingerprint density at radius 2 is 1.75 bits per heavy atom. The molecule has 1 fully saturated rings. The summed E-state index contributed by atoms with van der Waals surface area (Å²) >= 11 is 0. The van der Waals surface area contributed by atoms with Gasteiger partial charge in [0.2, 0.25) is 6.29 Å². The number of rotatable bonds is 1. The van der Waals surface area contributed by atoms with E-state index >= 15 is 0 Å². The van der Waals surface area contributed by atoms with E-state index < -0.39 is 0 Å². The molecule has 0 bridgehead atoms. The van der Waals surface area contributed by atoms with Crippen LogP contribution in [0.1, 0.15) is 12.8 Å². The Bertz CT molecular complexity index is 135. The molecule has 1 N–H and O–H groups in total. The van der Waals surface area contributed by atoms with Crippen LogP contribution < -0.4 is 51.4 Å². The summed E-state index contributed by atoms with van der Waals surface area (Å²) in [6.45, 7) is 1.52. The fourth-order valence-corrected chi connectivity index (χ4v) is 1.01. The van der Waals surface area contributed by atoms with E-state index in [9.17, 15) is 9.59 Å².